The lowest BCUT2D eigenvalue weighted by atomic mass is 10.1. The smallest absolute Gasteiger partial charge is 0.195 e. The van der Waals surface area contributed by atoms with Crippen molar-refractivity contribution in [1.29, 1.82) is 0 Å². The maximum atomic E-state index is 4.67. The second-order valence-corrected chi connectivity index (χ2v) is 6.86. The van der Waals surface area contributed by atoms with Crippen LogP contribution in [0, 0.1) is 0 Å². The Balaban J connectivity index is 3.35. The summed E-state index contributed by atoms with van der Waals surface area (Å²) in [5, 5.41) is 0. The van der Waals surface area contributed by atoms with Gasteiger partial charge in [0.15, 0.2) is 5.96 Å². The molecule has 0 unspecified atom stereocenters. The summed E-state index contributed by atoms with van der Waals surface area (Å²) in [5.74, 6) is 1.07. The fourth-order valence-electron chi connectivity index (χ4n) is 2.81. The first-order valence-electron chi connectivity index (χ1n) is 9.48. The number of hydrogen-bond donors (Lipinski definition) is 0. The summed E-state index contributed by atoms with van der Waals surface area (Å²) in [6.07, 6.45) is 16.8. The molecular formula is C19H41N3. The van der Waals surface area contributed by atoms with E-state index in [1.165, 1.54) is 77.0 Å². The number of nitrogens with zero attached hydrogens (tertiary/aromatic N) is 3. The van der Waals surface area contributed by atoms with Crippen molar-refractivity contribution in [3.63, 3.8) is 0 Å². The van der Waals surface area contributed by atoms with Crippen LogP contribution in [0.25, 0.3) is 0 Å². The highest BCUT2D eigenvalue weighted by molar-refractivity contribution is 5.79. The molecule has 3 heteroatoms. The molecule has 0 amide bonds. The minimum atomic E-state index is 0.961. The van der Waals surface area contributed by atoms with Gasteiger partial charge in [0.25, 0.3) is 0 Å². The zero-order valence-corrected chi connectivity index (χ0v) is 16.0. The van der Waals surface area contributed by atoms with E-state index in [1.807, 2.05) is 0 Å². The Labute approximate surface area is 140 Å². The highest BCUT2D eigenvalue weighted by atomic mass is 15.3. The molecule has 0 aromatic carbocycles. The molecule has 0 aliphatic carbocycles. The molecule has 0 spiro atoms. The van der Waals surface area contributed by atoms with Crippen LogP contribution in [0.15, 0.2) is 4.99 Å². The molecule has 132 valence electrons. The van der Waals surface area contributed by atoms with Crippen molar-refractivity contribution in [2.45, 2.75) is 84.0 Å². The van der Waals surface area contributed by atoms with Crippen molar-refractivity contribution < 1.29 is 0 Å². The van der Waals surface area contributed by atoms with Crippen LogP contribution >= 0.6 is 0 Å². The van der Waals surface area contributed by atoms with Crippen LogP contribution in [0.5, 0.6) is 0 Å². The van der Waals surface area contributed by atoms with Gasteiger partial charge in [-0.3, -0.25) is 4.99 Å². The highest BCUT2D eigenvalue weighted by Crippen LogP contribution is 2.11. The van der Waals surface area contributed by atoms with Gasteiger partial charge in [-0.2, -0.15) is 0 Å². The van der Waals surface area contributed by atoms with E-state index < -0.39 is 0 Å². The van der Waals surface area contributed by atoms with Crippen molar-refractivity contribution in [3.05, 3.63) is 0 Å². The van der Waals surface area contributed by atoms with E-state index in [0.717, 1.165) is 12.5 Å². The summed E-state index contributed by atoms with van der Waals surface area (Å²) in [5.41, 5.74) is 0. The summed E-state index contributed by atoms with van der Waals surface area (Å²) >= 11 is 0. The predicted octanol–water partition coefficient (Wildman–Crippen LogP) is 5.17. The zero-order chi connectivity index (χ0) is 16.6. The van der Waals surface area contributed by atoms with Crippen molar-refractivity contribution in [2.75, 3.05) is 34.7 Å². The number of rotatable bonds is 13. The van der Waals surface area contributed by atoms with Gasteiger partial charge in [0.2, 0.25) is 0 Å². The van der Waals surface area contributed by atoms with Gasteiger partial charge in [-0.1, -0.05) is 77.6 Å². The lowest BCUT2D eigenvalue weighted by Crippen LogP contribution is -2.35. The maximum absolute atomic E-state index is 4.67. The van der Waals surface area contributed by atoms with Gasteiger partial charge in [0.05, 0.1) is 0 Å². The van der Waals surface area contributed by atoms with Crippen molar-refractivity contribution in [3.8, 4) is 0 Å². The Bertz CT molecular complexity index is 249. The van der Waals surface area contributed by atoms with Crippen LogP contribution in [0.2, 0.25) is 0 Å². The molecule has 0 aromatic rings. The summed E-state index contributed by atoms with van der Waals surface area (Å²) in [4.78, 5) is 8.84. The van der Waals surface area contributed by atoms with Gasteiger partial charge >= 0.3 is 0 Å². The monoisotopic (exact) mass is 311 g/mol. The van der Waals surface area contributed by atoms with Crippen LogP contribution in [-0.2, 0) is 0 Å². The lowest BCUT2D eigenvalue weighted by Gasteiger charge is -2.22. The van der Waals surface area contributed by atoms with E-state index in [-0.39, 0.29) is 0 Å². The average Bonchev–Trinajstić information content (AvgIpc) is 2.46. The first-order chi connectivity index (χ1) is 10.6. The third-order valence-electron chi connectivity index (χ3n) is 4.06. The molecule has 0 rings (SSSR count). The third-order valence-corrected chi connectivity index (χ3v) is 4.06. The minimum Gasteiger partial charge on any atom is -0.349 e. The van der Waals surface area contributed by atoms with E-state index in [0.29, 0.717) is 0 Å². The standard InChI is InChI=1S/C19H41N3/c1-6-7-8-9-10-11-12-13-14-15-16-17-18-20-19(21(2)3)22(4)5/h6-18H2,1-5H3. The normalized spacial score (nSPS) is 10.6. The number of guanidine groups is 1. The Kier molecular flexibility index (Phi) is 14.7. The molecule has 0 radical (unpaired) electrons. The first-order valence-corrected chi connectivity index (χ1v) is 9.48. The van der Waals surface area contributed by atoms with Gasteiger partial charge in [0.1, 0.15) is 0 Å². The lowest BCUT2D eigenvalue weighted by molar-refractivity contribution is 0.477. The van der Waals surface area contributed by atoms with Crippen molar-refractivity contribution in [1.82, 2.24) is 9.80 Å². The fourth-order valence-corrected chi connectivity index (χ4v) is 2.81. The largest absolute Gasteiger partial charge is 0.349 e. The molecule has 0 heterocycles. The number of unbranched alkanes of at least 4 members (excludes halogenated alkanes) is 11. The Hall–Kier alpha value is -0.730. The second kappa shape index (κ2) is 15.2. The molecular weight excluding hydrogens is 270 g/mol. The molecule has 0 aliphatic heterocycles. The molecule has 0 aromatic heterocycles. The minimum absolute atomic E-state index is 0.961. The summed E-state index contributed by atoms with van der Waals surface area (Å²) in [6, 6.07) is 0. The van der Waals surface area contributed by atoms with Gasteiger partial charge in [-0.05, 0) is 6.42 Å². The fraction of sp³-hybridized carbons (Fsp3) is 0.947. The Morgan fingerprint density at radius 1 is 0.591 bits per heavy atom. The zero-order valence-electron chi connectivity index (χ0n) is 16.0. The van der Waals surface area contributed by atoms with E-state index in [4.69, 9.17) is 0 Å². The first kappa shape index (κ1) is 21.3. The van der Waals surface area contributed by atoms with Gasteiger partial charge in [-0.15, -0.1) is 0 Å². The molecule has 0 aliphatic rings. The van der Waals surface area contributed by atoms with Crippen LogP contribution in [0.4, 0.5) is 0 Å². The summed E-state index contributed by atoms with van der Waals surface area (Å²) < 4.78 is 0. The summed E-state index contributed by atoms with van der Waals surface area (Å²) in [6.45, 7) is 3.25. The molecule has 0 atom stereocenters. The van der Waals surface area contributed by atoms with E-state index >= 15 is 0 Å². The molecule has 0 saturated carbocycles. The maximum Gasteiger partial charge on any atom is 0.195 e. The topological polar surface area (TPSA) is 18.8 Å². The third kappa shape index (κ3) is 13.0. The van der Waals surface area contributed by atoms with Crippen molar-refractivity contribution in [2.24, 2.45) is 4.99 Å². The molecule has 0 bridgehead atoms. The van der Waals surface area contributed by atoms with Crippen molar-refractivity contribution >= 4 is 5.96 Å². The number of aliphatic imine (C=N–C) groups is 1. The van der Waals surface area contributed by atoms with Gasteiger partial charge < -0.3 is 9.80 Å². The quantitative estimate of drug-likeness (QED) is 0.265. The van der Waals surface area contributed by atoms with Gasteiger partial charge in [0, 0.05) is 34.7 Å². The SMILES string of the molecule is CCCCCCCCCCCCCCN=C(N(C)C)N(C)C. The van der Waals surface area contributed by atoms with Crippen LogP contribution < -0.4 is 0 Å². The average molecular weight is 312 g/mol. The molecule has 0 fully saturated rings. The molecule has 3 nitrogen and oxygen atoms in total. The Morgan fingerprint density at radius 2 is 0.955 bits per heavy atom. The predicted molar refractivity (Wildman–Crippen MR) is 101 cm³/mol. The summed E-state index contributed by atoms with van der Waals surface area (Å²) in [7, 11) is 8.23. The second-order valence-electron chi connectivity index (χ2n) is 6.86. The Morgan fingerprint density at radius 3 is 1.32 bits per heavy atom. The highest BCUT2D eigenvalue weighted by Gasteiger charge is 2.02. The van der Waals surface area contributed by atoms with Crippen LogP contribution in [-0.4, -0.2) is 50.5 Å². The van der Waals surface area contributed by atoms with E-state index in [9.17, 15) is 0 Å². The molecule has 0 N–H and O–H groups in total. The molecule has 0 saturated heterocycles. The van der Waals surface area contributed by atoms with Crippen LogP contribution in [0.3, 0.4) is 0 Å². The van der Waals surface area contributed by atoms with E-state index in [2.05, 4.69) is 49.9 Å². The number of hydrogen-bond acceptors (Lipinski definition) is 1. The van der Waals surface area contributed by atoms with Gasteiger partial charge in [-0.25, -0.2) is 0 Å². The molecule has 22 heavy (non-hydrogen) atoms. The van der Waals surface area contributed by atoms with E-state index in [1.54, 1.807) is 0 Å². The van der Waals surface area contributed by atoms with Crippen LogP contribution in [0.1, 0.15) is 84.0 Å².